The maximum absolute atomic E-state index is 11.8. The summed E-state index contributed by atoms with van der Waals surface area (Å²) in [6, 6.07) is 7.49. The molecule has 0 heterocycles. The van der Waals surface area contributed by atoms with Crippen LogP contribution in [-0.4, -0.2) is 19.6 Å². The van der Waals surface area contributed by atoms with Gasteiger partial charge in [0.2, 0.25) is 5.91 Å². The van der Waals surface area contributed by atoms with Crippen LogP contribution in [0.4, 0.5) is 0 Å². The van der Waals surface area contributed by atoms with Gasteiger partial charge in [0.15, 0.2) is 0 Å². The van der Waals surface area contributed by atoms with E-state index < -0.39 is 5.41 Å². The first-order valence-electron chi connectivity index (χ1n) is 5.91. The molecule has 100 valence electrons. The SMILES string of the molecule is CO[C@H](CNC(=O)C(C)(C)C)c1ccccc1Cl. The topological polar surface area (TPSA) is 38.3 Å². The van der Waals surface area contributed by atoms with Crippen LogP contribution in [0.5, 0.6) is 0 Å². The van der Waals surface area contributed by atoms with Gasteiger partial charge in [-0.05, 0) is 6.07 Å². The van der Waals surface area contributed by atoms with Gasteiger partial charge in [0.1, 0.15) is 6.10 Å². The molecule has 4 heteroatoms. The third-order valence-electron chi connectivity index (χ3n) is 2.67. The number of halogens is 1. The van der Waals surface area contributed by atoms with Gasteiger partial charge in [-0.1, -0.05) is 50.6 Å². The van der Waals surface area contributed by atoms with E-state index >= 15 is 0 Å². The Bertz CT molecular complexity index is 413. The predicted octanol–water partition coefficient (Wildman–Crippen LogP) is 3.19. The van der Waals surface area contributed by atoms with Gasteiger partial charge in [-0.15, -0.1) is 0 Å². The molecule has 1 N–H and O–H groups in total. The number of ether oxygens (including phenoxy) is 1. The molecule has 0 aromatic heterocycles. The van der Waals surface area contributed by atoms with Crippen molar-refractivity contribution in [3.8, 4) is 0 Å². The van der Waals surface area contributed by atoms with Gasteiger partial charge < -0.3 is 10.1 Å². The molecule has 0 radical (unpaired) electrons. The molecule has 1 atom stereocenters. The van der Waals surface area contributed by atoms with E-state index in [4.69, 9.17) is 16.3 Å². The summed E-state index contributed by atoms with van der Waals surface area (Å²) in [4.78, 5) is 11.8. The summed E-state index contributed by atoms with van der Waals surface area (Å²) in [5.41, 5.74) is 0.481. The Hall–Kier alpha value is -1.06. The third-order valence-corrected chi connectivity index (χ3v) is 3.01. The van der Waals surface area contributed by atoms with Crippen molar-refractivity contribution in [1.29, 1.82) is 0 Å². The Labute approximate surface area is 113 Å². The summed E-state index contributed by atoms with van der Waals surface area (Å²) >= 11 is 6.11. The van der Waals surface area contributed by atoms with E-state index in [1.165, 1.54) is 0 Å². The van der Waals surface area contributed by atoms with Crippen LogP contribution in [-0.2, 0) is 9.53 Å². The van der Waals surface area contributed by atoms with Gasteiger partial charge in [-0.25, -0.2) is 0 Å². The van der Waals surface area contributed by atoms with E-state index in [0.717, 1.165) is 5.56 Å². The number of nitrogens with one attached hydrogen (secondary N) is 1. The van der Waals surface area contributed by atoms with Crippen LogP contribution in [0.1, 0.15) is 32.4 Å². The van der Waals surface area contributed by atoms with Gasteiger partial charge in [-0.2, -0.15) is 0 Å². The molecule has 1 rings (SSSR count). The standard InChI is InChI=1S/C14H20ClNO2/c1-14(2,3)13(17)16-9-12(18-4)10-7-5-6-8-11(10)15/h5-8,12H,9H2,1-4H3,(H,16,17)/t12-/m1/s1. The van der Waals surface area contributed by atoms with E-state index in [1.54, 1.807) is 7.11 Å². The van der Waals surface area contributed by atoms with Gasteiger partial charge in [0.05, 0.1) is 0 Å². The quantitative estimate of drug-likeness (QED) is 0.912. The molecular formula is C14H20ClNO2. The zero-order valence-electron chi connectivity index (χ0n) is 11.3. The van der Waals surface area contributed by atoms with Crippen LogP contribution in [0.2, 0.25) is 5.02 Å². The number of benzene rings is 1. The smallest absolute Gasteiger partial charge is 0.225 e. The number of carbonyl (C=O) groups excluding carboxylic acids is 1. The molecule has 0 fully saturated rings. The molecule has 0 aliphatic carbocycles. The zero-order valence-corrected chi connectivity index (χ0v) is 12.0. The first-order valence-corrected chi connectivity index (χ1v) is 6.29. The van der Waals surface area contributed by atoms with Crippen molar-refractivity contribution in [1.82, 2.24) is 5.32 Å². The highest BCUT2D eigenvalue weighted by molar-refractivity contribution is 6.31. The van der Waals surface area contributed by atoms with Crippen LogP contribution in [0.3, 0.4) is 0 Å². The number of carbonyl (C=O) groups is 1. The monoisotopic (exact) mass is 269 g/mol. The van der Waals surface area contributed by atoms with E-state index in [9.17, 15) is 4.79 Å². The average Bonchev–Trinajstić information content (AvgIpc) is 2.30. The number of hydrogen-bond donors (Lipinski definition) is 1. The fraction of sp³-hybridized carbons (Fsp3) is 0.500. The third kappa shape index (κ3) is 4.00. The second-order valence-electron chi connectivity index (χ2n) is 5.21. The molecule has 3 nitrogen and oxygen atoms in total. The van der Waals surface area contributed by atoms with Crippen molar-refractivity contribution in [2.75, 3.05) is 13.7 Å². The second kappa shape index (κ2) is 6.21. The van der Waals surface area contributed by atoms with E-state index in [-0.39, 0.29) is 12.0 Å². The van der Waals surface area contributed by atoms with E-state index in [0.29, 0.717) is 11.6 Å². The van der Waals surface area contributed by atoms with Gasteiger partial charge in [0, 0.05) is 29.7 Å². The van der Waals surface area contributed by atoms with Gasteiger partial charge >= 0.3 is 0 Å². The Morgan fingerprint density at radius 1 is 1.39 bits per heavy atom. The fourth-order valence-corrected chi connectivity index (χ4v) is 1.76. The van der Waals surface area contributed by atoms with Crippen LogP contribution in [0, 0.1) is 5.41 Å². The Kier molecular flexibility index (Phi) is 5.17. The molecule has 0 aliphatic rings. The maximum atomic E-state index is 11.8. The molecule has 0 saturated carbocycles. The zero-order chi connectivity index (χ0) is 13.8. The summed E-state index contributed by atoms with van der Waals surface area (Å²) in [6.07, 6.45) is -0.231. The lowest BCUT2D eigenvalue weighted by Crippen LogP contribution is -2.37. The molecule has 0 bridgehead atoms. The Morgan fingerprint density at radius 2 is 2.00 bits per heavy atom. The largest absolute Gasteiger partial charge is 0.375 e. The molecule has 0 saturated heterocycles. The molecule has 1 amide bonds. The normalized spacial score (nSPS) is 13.2. The maximum Gasteiger partial charge on any atom is 0.225 e. The fourth-order valence-electron chi connectivity index (χ4n) is 1.51. The average molecular weight is 270 g/mol. The molecule has 0 aliphatic heterocycles. The van der Waals surface area contributed by atoms with Gasteiger partial charge in [-0.3, -0.25) is 4.79 Å². The minimum absolute atomic E-state index is 0.00314. The molecule has 1 aromatic rings. The first-order chi connectivity index (χ1) is 8.36. The van der Waals surface area contributed by atoms with Gasteiger partial charge in [0.25, 0.3) is 0 Å². The van der Waals surface area contributed by atoms with Crippen molar-refractivity contribution in [2.45, 2.75) is 26.9 Å². The Morgan fingerprint density at radius 3 is 2.50 bits per heavy atom. The van der Waals surface area contributed by atoms with Crippen molar-refractivity contribution >= 4 is 17.5 Å². The number of amides is 1. The summed E-state index contributed by atoms with van der Waals surface area (Å²) in [5.74, 6) is -0.00314. The highest BCUT2D eigenvalue weighted by atomic mass is 35.5. The summed E-state index contributed by atoms with van der Waals surface area (Å²) in [7, 11) is 1.61. The van der Waals surface area contributed by atoms with Crippen LogP contribution in [0.25, 0.3) is 0 Å². The minimum Gasteiger partial charge on any atom is -0.375 e. The lowest BCUT2D eigenvalue weighted by molar-refractivity contribution is -0.129. The van der Waals surface area contributed by atoms with E-state index in [2.05, 4.69) is 5.32 Å². The Balaban J connectivity index is 2.70. The highest BCUT2D eigenvalue weighted by Crippen LogP contribution is 2.24. The van der Waals surface area contributed by atoms with Crippen molar-refractivity contribution in [2.24, 2.45) is 5.41 Å². The molecule has 18 heavy (non-hydrogen) atoms. The van der Waals surface area contributed by atoms with Crippen molar-refractivity contribution < 1.29 is 9.53 Å². The number of rotatable bonds is 4. The predicted molar refractivity (Wildman–Crippen MR) is 73.7 cm³/mol. The second-order valence-corrected chi connectivity index (χ2v) is 5.61. The van der Waals surface area contributed by atoms with Crippen molar-refractivity contribution in [3.05, 3.63) is 34.9 Å². The molecule has 1 aromatic carbocycles. The summed E-state index contributed by atoms with van der Waals surface area (Å²) < 4.78 is 5.38. The van der Waals surface area contributed by atoms with Crippen LogP contribution in [0.15, 0.2) is 24.3 Å². The number of hydrogen-bond acceptors (Lipinski definition) is 2. The summed E-state index contributed by atoms with van der Waals surface area (Å²) in [6.45, 7) is 6.04. The van der Waals surface area contributed by atoms with Crippen molar-refractivity contribution in [3.63, 3.8) is 0 Å². The number of methoxy groups -OCH3 is 1. The van der Waals surface area contributed by atoms with E-state index in [1.807, 2.05) is 45.0 Å². The van der Waals surface area contributed by atoms with Crippen LogP contribution < -0.4 is 5.32 Å². The summed E-state index contributed by atoms with van der Waals surface area (Å²) in [5, 5.41) is 3.52. The highest BCUT2D eigenvalue weighted by Gasteiger charge is 2.22. The lowest BCUT2D eigenvalue weighted by Gasteiger charge is -2.22. The van der Waals surface area contributed by atoms with Crippen LogP contribution >= 0.6 is 11.6 Å². The molecule has 0 unspecified atom stereocenters. The minimum atomic E-state index is -0.404. The molecular weight excluding hydrogens is 250 g/mol. The molecule has 0 spiro atoms. The first kappa shape index (κ1) is 15.0. The lowest BCUT2D eigenvalue weighted by atomic mass is 9.95.